The number of nitrogens with two attached hydrogens (primary N) is 1. The predicted molar refractivity (Wildman–Crippen MR) is 70.9 cm³/mol. The van der Waals surface area contributed by atoms with Gasteiger partial charge in [-0.1, -0.05) is 18.2 Å². The summed E-state index contributed by atoms with van der Waals surface area (Å²) in [5.41, 5.74) is 7.78. The molecule has 19 heavy (non-hydrogen) atoms. The van der Waals surface area contributed by atoms with E-state index in [1.165, 1.54) is 11.9 Å². The largest absolute Gasteiger partial charge is 0.330 e. The second-order valence-electron chi connectivity index (χ2n) is 4.58. The number of hydrogen-bond acceptors (Lipinski definition) is 4. The number of carbonyl (C=O) groups is 1. The normalized spacial score (nSPS) is 17.5. The molecule has 0 saturated heterocycles. The molecule has 0 saturated carbocycles. The molecule has 1 aliphatic heterocycles. The topological polar surface area (TPSA) is 87.9 Å². The lowest BCUT2D eigenvalue weighted by molar-refractivity contribution is 0.0978. The molecule has 1 unspecified atom stereocenters. The van der Waals surface area contributed by atoms with E-state index < -0.39 is 0 Å². The monoisotopic (exact) mass is 257 g/mol. The van der Waals surface area contributed by atoms with E-state index >= 15 is 0 Å². The molecule has 1 aromatic heterocycles. The van der Waals surface area contributed by atoms with Crippen molar-refractivity contribution in [2.24, 2.45) is 5.73 Å². The minimum absolute atomic E-state index is 0.149. The Morgan fingerprint density at radius 2 is 2.32 bits per heavy atom. The smallest absolute Gasteiger partial charge is 0.295 e. The highest BCUT2D eigenvalue weighted by Gasteiger charge is 2.32. The van der Waals surface area contributed by atoms with Gasteiger partial charge < -0.3 is 10.6 Å². The highest BCUT2D eigenvalue weighted by molar-refractivity contribution is 6.05. The van der Waals surface area contributed by atoms with Gasteiger partial charge in [0.15, 0.2) is 0 Å². The number of anilines is 1. The van der Waals surface area contributed by atoms with Gasteiger partial charge in [0.1, 0.15) is 6.33 Å². The Kier molecular flexibility index (Phi) is 3.00. The zero-order chi connectivity index (χ0) is 13.2. The number of fused-ring (bicyclic) bond motifs is 1. The van der Waals surface area contributed by atoms with E-state index in [1.54, 1.807) is 4.90 Å². The number of H-pyrrole nitrogens is 1. The number of aromatic nitrogens is 3. The van der Waals surface area contributed by atoms with Crippen molar-refractivity contribution in [3.63, 3.8) is 0 Å². The Labute approximate surface area is 110 Å². The number of para-hydroxylation sites is 1. The molecule has 6 nitrogen and oxygen atoms in total. The summed E-state index contributed by atoms with van der Waals surface area (Å²) in [4.78, 5) is 18.0. The van der Waals surface area contributed by atoms with E-state index in [2.05, 4.69) is 21.2 Å². The average Bonchev–Trinajstić information content (AvgIpc) is 3.07. The van der Waals surface area contributed by atoms with Gasteiger partial charge in [-0.25, -0.2) is 4.98 Å². The second-order valence-corrected chi connectivity index (χ2v) is 4.58. The molecule has 0 radical (unpaired) electrons. The molecule has 98 valence electrons. The van der Waals surface area contributed by atoms with Gasteiger partial charge in [0, 0.05) is 18.2 Å². The summed E-state index contributed by atoms with van der Waals surface area (Å²) in [6, 6.07) is 7.94. The molecule has 1 aliphatic rings. The van der Waals surface area contributed by atoms with Crippen LogP contribution in [0, 0.1) is 0 Å². The van der Waals surface area contributed by atoms with Crippen LogP contribution in [-0.2, 0) is 0 Å². The summed E-state index contributed by atoms with van der Waals surface area (Å²) in [5.74, 6) is 0.417. The van der Waals surface area contributed by atoms with Crippen molar-refractivity contribution in [2.75, 3.05) is 18.0 Å². The third-order valence-corrected chi connectivity index (χ3v) is 3.45. The summed E-state index contributed by atoms with van der Waals surface area (Å²) in [6.45, 7) is 1.26. The molecular formula is C13H15N5O. The van der Waals surface area contributed by atoms with Crippen molar-refractivity contribution in [3.05, 3.63) is 42.0 Å². The molecule has 3 rings (SSSR count). The van der Waals surface area contributed by atoms with Gasteiger partial charge >= 0.3 is 0 Å². The van der Waals surface area contributed by atoms with Crippen LogP contribution >= 0.6 is 0 Å². The highest BCUT2D eigenvalue weighted by Crippen LogP contribution is 2.38. The molecule has 1 aromatic carbocycles. The number of amides is 1. The van der Waals surface area contributed by atoms with Gasteiger partial charge in [-0.3, -0.25) is 9.89 Å². The number of hydrogen-bond donors (Lipinski definition) is 2. The zero-order valence-corrected chi connectivity index (χ0v) is 10.4. The summed E-state index contributed by atoms with van der Waals surface area (Å²) in [7, 11) is 0. The van der Waals surface area contributed by atoms with E-state index in [9.17, 15) is 4.79 Å². The van der Waals surface area contributed by atoms with E-state index in [0.29, 0.717) is 19.0 Å². The SMILES string of the molecule is NCCC1CN(C(=O)c2ncn[nH]2)c2ccccc21. The Bertz CT molecular complexity index is 580. The fraction of sp³-hybridized carbons (Fsp3) is 0.308. The third kappa shape index (κ3) is 2.00. The zero-order valence-electron chi connectivity index (χ0n) is 10.4. The van der Waals surface area contributed by atoms with Crippen molar-refractivity contribution in [3.8, 4) is 0 Å². The van der Waals surface area contributed by atoms with Crippen LogP contribution in [0.15, 0.2) is 30.6 Å². The van der Waals surface area contributed by atoms with Crippen LogP contribution in [0.4, 0.5) is 5.69 Å². The molecule has 0 spiro atoms. The maximum absolute atomic E-state index is 12.4. The quantitative estimate of drug-likeness (QED) is 0.855. The van der Waals surface area contributed by atoms with E-state index in [-0.39, 0.29) is 11.7 Å². The van der Waals surface area contributed by atoms with Crippen molar-refractivity contribution in [2.45, 2.75) is 12.3 Å². The Morgan fingerprint density at radius 1 is 1.47 bits per heavy atom. The Morgan fingerprint density at radius 3 is 3.05 bits per heavy atom. The fourth-order valence-corrected chi connectivity index (χ4v) is 2.57. The first-order valence-electron chi connectivity index (χ1n) is 6.27. The van der Waals surface area contributed by atoms with Crippen LogP contribution in [0.3, 0.4) is 0 Å². The Balaban J connectivity index is 1.94. The lowest BCUT2D eigenvalue weighted by atomic mass is 9.98. The van der Waals surface area contributed by atoms with E-state index in [4.69, 9.17) is 5.73 Å². The summed E-state index contributed by atoms with van der Waals surface area (Å²) >= 11 is 0. The van der Waals surface area contributed by atoms with Gasteiger partial charge in [-0.05, 0) is 24.6 Å². The van der Waals surface area contributed by atoms with Crippen molar-refractivity contribution >= 4 is 11.6 Å². The molecule has 2 aromatic rings. The van der Waals surface area contributed by atoms with Crippen molar-refractivity contribution < 1.29 is 4.79 Å². The number of benzene rings is 1. The van der Waals surface area contributed by atoms with Gasteiger partial charge in [0.25, 0.3) is 5.91 Å². The lowest BCUT2D eigenvalue weighted by Gasteiger charge is -2.16. The standard InChI is InChI=1S/C13H15N5O/c14-6-5-9-7-18(11-4-2-1-3-10(9)11)13(19)12-15-8-16-17-12/h1-4,8-9H,5-7,14H2,(H,15,16,17). The second kappa shape index (κ2) is 4.81. The number of carbonyl (C=O) groups excluding carboxylic acids is 1. The molecule has 0 fully saturated rings. The van der Waals surface area contributed by atoms with Crippen LogP contribution in [0.25, 0.3) is 0 Å². The lowest BCUT2D eigenvalue weighted by Crippen LogP contribution is -2.31. The number of rotatable bonds is 3. The van der Waals surface area contributed by atoms with Gasteiger partial charge in [0.05, 0.1) is 0 Å². The maximum atomic E-state index is 12.4. The van der Waals surface area contributed by atoms with Crippen LogP contribution < -0.4 is 10.6 Å². The predicted octanol–water partition coefficient (Wildman–Crippen LogP) is 0.897. The first kappa shape index (κ1) is 11.9. The number of nitrogens with one attached hydrogen (secondary N) is 1. The van der Waals surface area contributed by atoms with Gasteiger partial charge in [-0.15, -0.1) is 0 Å². The van der Waals surface area contributed by atoms with E-state index in [0.717, 1.165) is 12.1 Å². The van der Waals surface area contributed by atoms with Crippen LogP contribution in [-0.4, -0.2) is 34.2 Å². The molecule has 2 heterocycles. The van der Waals surface area contributed by atoms with Crippen molar-refractivity contribution in [1.29, 1.82) is 0 Å². The molecule has 3 N–H and O–H groups in total. The van der Waals surface area contributed by atoms with Gasteiger partial charge in [-0.2, -0.15) is 5.10 Å². The summed E-state index contributed by atoms with van der Waals surface area (Å²) < 4.78 is 0. The minimum Gasteiger partial charge on any atom is -0.330 e. The summed E-state index contributed by atoms with van der Waals surface area (Å²) in [6.07, 6.45) is 2.21. The molecule has 0 aliphatic carbocycles. The van der Waals surface area contributed by atoms with E-state index in [1.807, 2.05) is 18.2 Å². The minimum atomic E-state index is -0.149. The average molecular weight is 257 g/mol. The first-order valence-corrected chi connectivity index (χ1v) is 6.27. The van der Waals surface area contributed by atoms with Crippen LogP contribution in [0.5, 0.6) is 0 Å². The molecule has 1 amide bonds. The summed E-state index contributed by atoms with van der Waals surface area (Å²) in [5, 5.41) is 6.34. The van der Waals surface area contributed by atoms with Crippen LogP contribution in [0.2, 0.25) is 0 Å². The van der Waals surface area contributed by atoms with Crippen molar-refractivity contribution in [1.82, 2.24) is 15.2 Å². The fourth-order valence-electron chi connectivity index (χ4n) is 2.57. The molecule has 6 heteroatoms. The maximum Gasteiger partial charge on any atom is 0.295 e. The first-order chi connectivity index (χ1) is 9.31. The third-order valence-electron chi connectivity index (χ3n) is 3.45. The molecule has 1 atom stereocenters. The van der Waals surface area contributed by atoms with Crippen LogP contribution in [0.1, 0.15) is 28.5 Å². The Hall–Kier alpha value is -2.21. The van der Waals surface area contributed by atoms with Gasteiger partial charge in [0.2, 0.25) is 5.82 Å². The number of aromatic amines is 1. The molecular weight excluding hydrogens is 242 g/mol. The highest BCUT2D eigenvalue weighted by atomic mass is 16.2. The molecule has 0 bridgehead atoms. The number of nitrogens with zero attached hydrogens (tertiary/aromatic N) is 3.